The number of nitrogens with one attached hydrogen (secondary N) is 5. The first-order chi connectivity index (χ1) is 39.6. The molecule has 0 amide bonds. The van der Waals surface area contributed by atoms with Gasteiger partial charge < -0.3 is 50.3 Å². The summed E-state index contributed by atoms with van der Waals surface area (Å²) in [5, 5.41) is 15.6. The van der Waals surface area contributed by atoms with Crippen molar-refractivity contribution in [1.29, 1.82) is 0 Å². The van der Waals surface area contributed by atoms with E-state index in [1.54, 1.807) is 39.8 Å². The minimum atomic E-state index is -1.06. The summed E-state index contributed by atoms with van der Waals surface area (Å²) in [4.78, 5) is 20.8. The van der Waals surface area contributed by atoms with Crippen molar-refractivity contribution in [3.63, 3.8) is 0 Å². The molecule has 28 heteroatoms. The lowest BCUT2D eigenvalue weighted by atomic mass is 10.3. The molecule has 5 aromatic carbocycles. The van der Waals surface area contributed by atoms with Crippen molar-refractivity contribution in [3.8, 4) is 28.7 Å². The number of aliphatic imine (C=N–C) groups is 5. The summed E-state index contributed by atoms with van der Waals surface area (Å²) >= 11 is 23.3. The van der Waals surface area contributed by atoms with Crippen LogP contribution in [0, 0.1) is 52.4 Å². The molecule has 0 aliphatic carbocycles. The Morgan fingerprint density at radius 2 is 0.566 bits per heavy atom. The van der Waals surface area contributed by atoms with Gasteiger partial charge in [0.2, 0.25) is 0 Å². The van der Waals surface area contributed by atoms with Crippen LogP contribution in [0.1, 0.15) is 34.6 Å². The maximum atomic E-state index is 13.4. The zero-order valence-electron chi connectivity index (χ0n) is 45.1. The fraction of sp³-hybridized carbons (Fsp3) is 0.364. The molecule has 5 aliphatic heterocycles. The monoisotopic (exact) mass is 1250 g/mol. The second kappa shape index (κ2) is 31.6. The van der Waals surface area contributed by atoms with E-state index < -0.39 is 76.4 Å². The quantitative estimate of drug-likeness (QED) is 0.0637. The van der Waals surface area contributed by atoms with Gasteiger partial charge in [0.25, 0.3) is 0 Å². The largest absolute Gasteiger partial charge is 0.480 e. The zero-order valence-corrected chi connectivity index (χ0v) is 48.1. The smallest absolute Gasteiger partial charge is 0.191 e. The Hall–Kier alpha value is -7.02. The molecule has 10 rings (SSSR count). The molecule has 0 bridgehead atoms. The Morgan fingerprint density at radius 1 is 0.325 bits per heavy atom. The van der Waals surface area contributed by atoms with Gasteiger partial charge >= 0.3 is 0 Å². The van der Waals surface area contributed by atoms with Gasteiger partial charge in [-0.15, -0.1) is 0 Å². The Bertz CT molecular complexity index is 2810. The Balaban J connectivity index is 0.000000167. The molecule has 5 aromatic rings. The minimum Gasteiger partial charge on any atom is -0.480 e. The highest BCUT2D eigenvalue weighted by Crippen LogP contribution is 2.35. The van der Waals surface area contributed by atoms with Gasteiger partial charge in [0.15, 0.2) is 94.2 Å². The van der Waals surface area contributed by atoms with Crippen LogP contribution in [0.4, 0.5) is 39.5 Å². The normalized spacial score (nSPS) is 16.4. The number of amidine groups is 5. The summed E-state index contributed by atoms with van der Waals surface area (Å²) < 4.78 is 145. The maximum absolute atomic E-state index is 13.4. The molecule has 0 spiro atoms. The van der Waals surface area contributed by atoms with Crippen molar-refractivity contribution >= 4 is 75.6 Å². The third kappa shape index (κ3) is 19.3. The molecule has 5 aliphatic rings. The van der Waals surface area contributed by atoms with Gasteiger partial charge in [0.1, 0.15) is 46.6 Å². The second-order valence-electron chi connectivity index (χ2n) is 18.0. The van der Waals surface area contributed by atoms with Crippen molar-refractivity contribution in [2.24, 2.45) is 25.0 Å². The van der Waals surface area contributed by atoms with Crippen molar-refractivity contribution in [2.75, 3.05) is 65.4 Å². The van der Waals surface area contributed by atoms with E-state index in [0.717, 1.165) is 75.2 Å². The molecule has 0 aromatic heterocycles. The summed E-state index contributed by atoms with van der Waals surface area (Å²) in [5.74, 6) is -4.46. The summed E-state index contributed by atoms with van der Waals surface area (Å²) in [7, 11) is 0. The SMILES string of the molecule is CC(Oc1c(Cl)cc(F)cc1Cl)C1=NCCN1.CC(Oc1c(F)cc(F)cc1Cl)C1=NCCN1.CC(Oc1c(F)cc(F)cc1F)C1=NCCN1.CC(Oc1c(F)cccc1Cl)C1=NCCN1.CC(Oc1c(F)cccc1F)C1=NCCN1. The molecule has 0 saturated carbocycles. The highest BCUT2D eigenvalue weighted by atomic mass is 35.5. The van der Waals surface area contributed by atoms with Crippen molar-refractivity contribution in [3.05, 3.63) is 145 Å². The van der Waals surface area contributed by atoms with E-state index in [4.69, 9.17) is 70.1 Å². The van der Waals surface area contributed by atoms with E-state index in [-0.39, 0.29) is 55.3 Å². The van der Waals surface area contributed by atoms with Gasteiger partial charge in [-0.25, -0.2) is 39.5 Å². The minimum absolute atomic E-state index is 0.0769. The molecule has 448 valence electrons. The molecule has 5 heterocycles. The molecule has 0 radical (unpaired) electrons. The topological polar surface area (TPSA) is 168 Å². The van der Waals surface area contributed by atoms with Gasteiger partial charge in [0.05, 0.1) is 52.8 Å². The molecule has 0 saturated heterocycles. The average molecular weight is 1250 g/mol. The van der Waals surface area contributed by atoms with E-state index in [1.165, 1.54) is 24.3 Å². The van der Waals surface area contributed by atoms with Crippen LogP contribution in [-0.2, 0) is 0 Å². The van der Waals surface area contributed by atoms with Gasteiger partial charge in [-0.3, -0.25) is 25.0 Å². The number of hydrogen-bond donors (Lipinski definition) is 5. The number of nitrogens with zero attached hydrogens (tertiary/aromatic N) is 5. The Morgan fingerprint density at radius 3 is 0.880 bits per heavy atom. The second-order valence-corrected chi connectivity index (χ2v) is 19.6. The van der Waals surface area contributed by atoms with Crippen LogP contribution in [0.3, 0.4) is 0 Å². The van der Waals surface area contributed by atoms with Gasteiger partial charge in [-0.1, -0.05) is 58.5 Å². The number of para-hydroxylation sites is 2. The molecule has 83 heavy (non-hydrogen) atoms. The fourth-order valence-corrected chi connectivity index (χ4v) is 8.72. The van der Waals surface area contributed by atoms with Crippen LogP contribution in [0.15, 0.2) is 97.8 Å². The number of ether oxygens (including phenoxy) is 5. The van der Waals surface area contributed by atoms with Gasteiger partial charge in [-0.05, 0) is 77.1 Å². The van der Waals surface area contributed by atoms with Gasteiger partial charge in [-0.2, -0.15) is 0 Å². The lowest BCUT2D eigenvalue weighted by Gasteiger charge is -2.17. The van der Waals surface area contributed by atoms with Crippen LogP contribution in [-0.4, -0.2) is 125 Å². The Labute approximate surface area is 492 Å². The average Bonchev–Trinajstić information content (AvgIpc) is 4.37. The van der Waals surface area contributed by atoms with E-state index in [1.807, 2.05) is 6.92 Å². The van der Waals surface area contributed by atoms with Crippen LogP contribution in [0.25, 0.3) is 0 Å². The molecule has 0 fully saturated rings. The summed E-state index contributed by atoms with van der Waals surface area (Å²) in [6.07, 6.45) is -2.15. The van der Waals surface area contributed by atoms with Crippen LogP contribution < -0.4 is 50.3 Å². The molecule has 5 atom stereocenters. The van der Waals surface area contributed by atoms with E-state index in [0.29, 0.717) is 55.8 Å². The van der Waals surface area contributed by atoms with Crippen LogP contribution in [0.2, 0.25) is 20.1 Å². The summed E-state index contributed by atoms with van der Waals surface area (Å²) in [6.45, 7) is 15.8. The van der Waals surface area contributed by atoms with E-state index in [9.17, 15) is 39.5 Å². The molecule has 5 N–H and O–H groups in total. The van der Waals surface area contributed by atoms with Crippen molar-refractivity contribution in [1.82, 2.24) is 26.6 Å². The third-order valence-electron chi connectivity index (χ3n) is 11.6. The zero-order chi connectivity index (χ0) is 60.3. The highest BCUT2D eigenvalue weighted by Gasteiger charge is 2.25. The standard InChI is InChI=1S/C11H11Cl2FN2O.C11H11ClF2N2O.C11H12ClFN2O.C11H11F3N2O.C11H12F2N2O/c1-6(11-15-2-3-16-11)17-10-8(12)4-7(14)5-9(10)13;1-6(11-15-2-3-16-11)17-10-8(12)4-7(13)5-9(10)14;1-7(11-14-5-6-15-11)16-10-8(12)3-2-4-9(10)13;1-6(11-15-2-3-16-11)17-10-8(13)4-7(12)5-9(10)14;1-7(11-14-5-6-15-11)16-10-8(12)3-2-4-9(10)13/h2*4-6H,2-3H2,1H3,(H,15,16);2-4,7H,5-6H2,1H3,(H,14,15);4-6H,2-3H2,1H3,(H,15,16);2-4,7H,5-6H2,1H3,(H,14,15). The Kier molecular flexibility index (Phi) is 24.8. The van der Waals surface area contributed by atoms with E-state index in [2.05, 4.69) is 51.5 Å². The fourth-order valence-electron chi connectivity index (χ4n) is 7.72. The lowest BCUT2D eigenvalue weighted by molar-refractivity contribution is 0.254. The number of benzene rings is 5. The predicted octanol–water partition coefficient (Wildman–Crippen LogP) is 11.1. The third-order valence-corrected chi connectivity index (χ3v) is 12.8. The molecular formula is C55H57Cl4F9N10O5. The number of halogens is 13. The predicted molar refractivity (Wildman–Crippen MR) is 304 cm³/mol. The first-order valence-electron chi connectivity index (χ1n) is 25.7. The maximum Gasteiger partial charge on any atom is 0.191 e. The molecular weight excluding hydrogens is 1190 g/mol. The first-order valence-corrected chi connectivity index (χ1v) is 27.2. The van der Waals surface area contributed by atoms with Crippen LogP contribution in [0.5, 0.6) is 28.7 Å². The molecule has 5 unspecified atom stereocenters. The van der Waals surface area contributed by atoms with Crippen molar-refractivity contribution < 1.29 is 63.2 Å². The summed E-state index contributed by atoms with van der Waals surface area (Å²) in [5.41, 5.74) is 0. The number of rotatable bonds is 15. The van der Waals surface area contributed by atoms with Crippen molar-refractivity contribution in [2.45, 2.75) is 65.1 Å². The lowest BCUT2D eigenvalue weighted by Crippen LogP contribution is -2.33. The molecule has 15 nitrogen and oxygen atoms in total. The highest BCUT2D eigenvalue weighted by molar-refractivity contribution is 6.37. The van der Waals surface area contributed by atoms with Crippen LogP contribution >= 0.6 is 46.4 Å². The summed E-state index contributed by atoms with van der Waals surface area (Å²) in [6, 6.07) is 13.3. The van der Waals surface area contributed by atoms with E-state index >= 15 is 0 Å². The first kappa shape index (κ1) is 65.1. The van der Waals surface area contributed by atoms with Gasteiger partial charge in [0, 0.05) is 50.9 Å². The number of hydrogen-bond acceptors (Lipinski definition) is 15.